The zero-order chi connectivity index (χ0) is 23.2. The molecule has 2 heterocycles. The average Bonchev–Trinajstić information content (AvgIpc) is 3.25. The number of nitrogens with one attached hydrogen (secondary N) is 1. The number of aromatic nitrogens is 4. The van der Waals surface area contributed by atoms with Gasteiger partial charge in [-0.05, 0) is 54.8 Å². The van der Waals surface area contributed by atoms with Gasteiger partial charge in [0.2, 0.25) is 14.9 Å². The van der Waals surface area contributed by atoms with Gasteiger partial charge >= 0.3 is 0 Å². The maximum atomic E-state index is 13.4. The SMILES string of the molecule is Cc1ccc(S(=O)(=O)c2nnn3c2nc(Nc2ccc(C(C)C)cc2)c2ccccc23)cc1. The van der Waals surface area contributed by atoms with E-state index in [1.165, 1.54) is 10.1 Å². The first-order chi connectivity index (χ1) is 15.8. The van der Waals surface area contributed by atoms with Crippen LogP contribution in [0.3, 0.4) is 0 Å². The molecule has 0 saturated carbocycles. The van der Waals surface area contributed by atoms with E-state index in [9.17, 15) is 8.42 Å². The maximum absolute atomic E-state index is 13.4. The lowest BCUT2D eigenvalue weighted by molar-refractivity contribution is 0.592. The van der Waals surface area contributed by atoms with Crippen LogP contribution in [0.5, 0.6) is 0 Å². The summed E-state index contributed by atoms with van der Waals surface area (Å²) in [7, 11) is -3.90. The number of sulfone groups is 1. The number of benzene rings is 3. The van der Waals surface area contributed by atoms with E-state index in [-0.39, 0.29) is 15.6 Å². The van der Waals surface area contributed by atoms with E-state index in [4.69, 9.17) is 0 Å². The van der Waals surface area contributed by atoms with Crippen LogP contribution < -0.4 is 5.32 Å². The van der Waals surface area contributed by atoms with Gasteiger partial charge in [0.05, 0.1) is 10.4 Å². The number of nitrogens with zero attached hydrogens (tertiary/aromatic N) is 4. The van der Waals surface area contributed by atoms with Crippen molar-refractivity contribution in [1.82, 2.24) is 19.8 Å². The summed E-state index contributed by atoms with van der Waals surface area (Å²) < 4.78 is 28.2. The molecule has 0 aliphatic rings. The van der Waals surface area contributed by atoms with Gasteiger partial charge in [-0.1, -0.05) is 61.0 Å². The highest BCUT2D eigenvalue weighted by molar-refractivity contribution is 7.91. The predicted octanol–water partition coefficient (Wildman–Crippen LogP) is 5.29. The molecule has 33 heavy (non-hydrogen) atoms. The summed E-state index contributed by atoms with van der Waals surface area (Å²) in [5.41, 5.74) is 3.95. The van der Waals surface area contributed by atoms with Crippen LogP contribution in [0, 0.1) is 6.92 Å². The number of hydrogen-bond acceptors (Lipinski definition) is 6. The Kier molecular flexibility index (Phi) is 5.09. The van der Waals surface area contributed by atoms with E-state index in [1.807, 2.05) is 43.3 Å². The molecule has 2 aromatic heterocycles. The number of aryl methyl sites for hydroxylation is 1. The van der Waals surface area contributed by atoms with Crippen molar-refractivity contribution < 1.29 is 8.42 Å². The molecule has 0 unspecified atom stereocenters. The Labute approximate surface area is 192 Å². The molecule has 3 aromatic carbocycles. The number of fused-ring (bicyclic) bond motifs is 3. The first-order valence-corrected chi connectivity index (χ1v) is 12.2. The fourth-order valence-electron chi connectivity index (χ4n) is 3.73. The monoisotopic (exact) mass is 457 g/mol. The summed E-state index contributed by atoms with van der Waals surface area (Å²) >= 11 is 0. The van der Waals surface area contributed by atoms with Crippen molar-refractivity contribution in [3.63, 3.8) is 0 Å². The highest BCUT2D eigenvalue weighted by Crippen LogP contribution is 2.30. The van der Waals surface area contributed by atoms with Gasteiger partial charge < -0.3 is 5.32 Å². The Morgan fingerprint density at radius 1 is 0.909 bits per heavy atom. The quantitative estimate of drug-likeness (QED) is 0.386. The van der Waals surface area contributed by atoms with E-state index >= 15 is 0 Å². The molecule has 0 bridgehead atoms. The van der Waals surface area contributed by atoms with Gasteiger partial charge in [0.15, 0.2) is 5.65 Å². The summed E-state index contributed by atoms with van der Waals surface area (Å²) in [4.78, 5) is 4.83. The fraction of sp³-hybridized carbons (Fsp3) is 0.160. The predicted molar refractivity (Wildman–Crippen MR) is 129 cm³/mol. The molecule has 5 aromatic rings. The number of rotatable bonds is 5. The minimum atomic E-state index is -3.90. The molecule has 0 fully saturated rings. The topological polar surface area (TPSA) is 89.2 Å². The molecule has 0 radical (unpaired) electrons. The van der Waals surface area contributed by atoms with Crippen LogP contribution in [0.1, 0.15) is 30.9 Å². The number of anilines is 2. The van der Waals surface area contributed by atoms with E-state index in [2.05, 4.69) is 46.6 Å². The molecule has 0 aliphatic heterocycles. The van der Waals surface area contributed by atoms with Gasteiger partial charge in [0, 0.05) is 11.1 Å². The van der Waals surface area contributed by atoms with Gasteiger partial charge in [-0.3, -0.25) is 0 Å². The average molecular weight is 458 g/mol. The van der Waals surface area contributed by atoms with Crippen molar-refractivity contribution in [2.75, 3.05) is 5.32 Å². The minimum Gasteiger partial charge on any atom is -0.340 e. The molecule has 0 spiro atoms. The third-order valence-electron chi connectivity index (χ3n) is 5.65. The van der Waals surface area contributed by atoms with E-state index in [0.717, 1.165) is 16.6 Å². The first-order valence-electron chi connectivity index (χ1n) is 10.7. The van der Waals surface area contributed by atoms with Crippen LogP contribution in [0.2, 0.25) is 0 Å². The third-order valence-corrected chi connectivity index (χ3v) is 7.31. The molecule has 1 N–H and O–H groups in total. The smallest absolute Gasteiger partial charge is 0.229 e. The van der Waals surface area contributed by atoms with Crippen LogP contribution in [-0.2, 0) is 9.84 Å². The zero-order valence-corrected chi connectivity index (χ0v) is 19.3. The summed E-state index contributed by atoms with van der Waals surface area (Å²) in [6.45, 7) is 6.20. The van der Waals surface area contributed by atoms with Crippen molar-refractivity contribution in [2.45, 2.75) is 36.6 Å². The van der Waals surface area contributed by atoms with E-state index in [1.54, 1.807) is 24.3 Å². The summed E-state index contributed by atoms with van der Waals surface area (Å²) in [5.74, 6) is 0.972. The van der Waals surface area contributed by atoms with Crippen molar-refractivity contribution in [3.8, 4) is 0 Å². The van der Waals surface area contributed by atoms with E-state index < -0.39 is 9.84 Å². The Morgan fingerprint density at radius 2 is 1.61 bits per heavy atom. The molecule has 0 amide bonds. The van der Waals surface area contributed by atoms with Crippen LogP contribution in [0.15, 0.2) is 82.7 Å². The second kappa shape index (κ2) is 7.97. The lowest BCUT2D eigenvalue weighted by atomic mass is 10.0. The highest BCUT2D eigenvalue weighted by atomic mass is 32.2. The normalized spacial score (nSPS) is 12.0. The lowest BCUT2D eigenvalue weighted by Gasteiger charge is -2.12. The zero-order valence-electron chi connectivity index (χ0n) is 18.5. The Hall–Kier alpha value is -3.78. The second-order valence-corrected chi connectivity index (χ2v) is 10.2. The largest absolute Gasteiger partial charge is 0.340 e. The molecule has 166 valence electrons. The van der Waals surface area contributed by atoms with Crippen LogP contribution >= 0.6 is 0 Å². The fourth-order valence-corrected chi connectivity index (χ4v) is 4.97. The minimum absolute atomic E-state index is 0.157. The van der Waals surface area contributed by atoms with Gasteiger partial charge in [0.25, 0.3) is 0 Å². The van der Waals surface area contributed by atoms with Crippen LogP contribution in [-0.4, -0.2) is 28.2 Å². The van der Waals surface area contributed by atoms with Crippen LogP contribution in [0.4, 0.5) is 11.5 Å². The van der Waals surface area contributed by atoms with Crippen molar-refractivity contribution in [3.05, 3.63) is 83.9 Å². The summed E-state index contributed by atoms with van der Waals surface area (Å²) in [5, 5.41) is 12.1. The van der Waals surface area contributed by atoms with Gasteiger partial charge in [-0.15, -0.1) is 5.10 Å². The first kappa shape index (κ1) is 21.1. The molecule has 0 atom stereocenters. The lowest BCUT2D eigenvalue weighted by Crippen LogP contribution is -2.05. The van der Waals surface area contributed by atoms with Crippen molar-refractivity contribution in [2.24, 2.45) is 0 Å². The molecule has 8 heteroatoms. The van der Waals surface area contributed by atoms with Gasteiger partial charge in [-0.2, -0.15) is 4.52 Å². The molecular formula is C25H23N5O2S. The number of para-hydroxylation sites is 1. The van der Waals surface area contributed by atoms with Crippen LogP contribution in [0.25, 0.3) is 16.6 Å². The van der Waals surface area contributed by atoms with Crippen molar-refractivity contribution >= 4 is 37.9 Å². The third kappa shape index (κ3) is 3.72. The second-order valence-electron chi connectivity index (χ2n) is 8.33. The van der Waals surface area contributed by atoms with E-state index in [0.29, 0.717) is 17.3 Å². The molecule has 0 saturated heterocycles. The molecule has 5 rings (SSSR count). The maximum Gasteiger partial charge on any atom is 0.229 e. The molecular weight excluding hydrogens is 434 g/mol. The summed E-state index contributed by atoms with van der Waals surface area (Å²) in [6.07, 6.45) is 0. The molecule has 7 nitrogen and oxygen atoms in total. The Bertz CT molecular complexity index is 1570. The van der Waals surface area contributed by atoms with Gasteiger partial charge in [0.1, 0.15) is 5.82 Å². The Balaban J connectivity index is 1.67. The van der Waals surface area contributed by atoms with Crippen molar-refractivity contribution in [1.29, 1.82) is 0 Å². The summed E-state index contributed by atoms with van der Waals surface area (Å²) in [6, 6.07) is 22.4. The number of hydrogen-bond donors (Lipinski definition) is 1. The molecule has 0 aliphatic carbocycles. The standard InChI is InChI=1S/C25H23N5O2S/c1-16(2)18-10-12-19(13-11-18)26-23-21-6-4-5-7-22(21)30-24(27-23)25(28-29-30)33(31,32)20-14-8-17(3)9-15-20/h4-16H,1-3H3,(H,26,27). The van der Waals surface area contributed by atoms with Gasteiger partial charge in [-0.25, -0.2) is 13.4 Å². The Morgan fingerprint density at radius 3 is 2.30 bits per heavy atom. The highest BCUT2D eigenvalue weighted by Gasteiger charge is 2.27.